The number of hydrogen-bond donors (Lipinski definition) is 2. The highest BCUT2D eigenvalue weighted by molar-refractivity contribution is 5.55. The summed E-state index contributed by atoms with van der Waals surface area (Å²) in [6, 6.07) is 5.99. The van der Waals surface area contributed by atoms with Gasteiger partial charge in [0.05, 0.1) is 11.2 Å². The number of fused-ring (bicyclic) bond motifs is 1. The second kappa shape index (κ2) is 4.47. The van der Waals surface area contributed by atoms with E-state index in [9.17, 15) is 5.11 Å². The molecule has 0 aliphatic heterocycles. The Hall–Kier alpha value is -1.39. The molecule has 2 aromatic rings. The van der Waals surface area contributed by atoms with Crippen LogP contribution in [-0.4, -0.2) is 21.0 Å². The molecule has 0 fully saturated rings. The Morgan fingerprint density at radius 2 is 2.12 bits per heavy atom. The van der Waals surface area contributed by atoms with Crippen LogP contribution in [0.2, 0.25) is 0 Å². The number of nitrogens with two attached hydrogens (primary N) is 1. The number of pyridine rings is 1. The maximum Gasteiger partial charge on any atom is 0.116 e. The van der Waals surface area contributed by atoms with Gasteiger partial charge >= 0.3 is 0 Å². The molecular weight excluding hydrogens is 214 g/mol. The summed E-state index contributed by atoms with van der Waals surface area (Å²) in [6.07, 6.45) is -0.695. The van der Waals surface area contributed by atoms with Crippen LogP contribution in [-0.2, 0) is 0 Å². The van der Waals surface area contributed by atoms with Crippen molar-refractivity contribution in [3.8, 4) is 0 Å². The zero-order valence-electron chi connectivity index (χ0n) is 10.5. The molecule has 17 heavy (non-hydrogen) atoms. The van der Waals surface area contributed by atoms with Gasteiger partial charge in [-0.25, -0.2) is 4.98 Å². The topological polar surface area (TPSA) is 63.5 Å². The third kappa shape index (κ3) is 1.94. The van der Waals surface area contributed by atoms with Gasteiger partial charge in [-0.2, -0.15) is 0 Å². The van der Waals surface area contributed by atoms with Crippen LogP contribution in [0.25, 0.3) is 5.52 Å². The molecule has 0 aliphatic rings. The van der Waals surface area contributed by atoms with Crippen molar-refractivity contribution in [2.24, 2.45) is 5.73 Å². The average molecular weight is 233 g/mol. The van der Waals surface area contributed by atoms with E-state index >= 15 is 0 Å². The van der Waals surface area contributed by atoms with Crippen molar-refractivity contribution in [2.75, 3.05) is 6.54 Å². The fourth-order valence-corrected chi connectivity index (χ4v) is 2.10. The molecule has 0 amide bonds. The van der Waals surface area contributed by atoms with Crippen molar-refractivity contribution >= 4 is 5.52 Å². The van der Waals surface area contributed by atoms with E-state index in [1.165, 1.54) is 0 Å². The van der Waals surface area contributed by atoms with Gasteiger partial charge in [0.2, 0.25) is 0 Å². The molecule has 1 unspecified atom stereocenters. The van der Waals surface area contributed by atoms with E-state index in [2.05, 4.69) is 23.2 Å². The largest absolute Gasteiger partial charge is 0.385 e. The molecule has 2 rings (SSSR count). The number of imidazole rings is 1. The Morgan fingerprint density at radius 3 is 2.71 bits per heavy atom. The summed E-state index contributed by atoms with van der Waals surface area (Å²) in [5, 5.41) is 9.91. The molecule has 0 saturated carbocycles. The van der Waals surface area contributed by atoms with Crippen LogP contribution < -0.4 is 5.73 Å². The molecule has 0 aliphatic carbocycles. The van der Waals surface area contributed by atoms with Gasteiger partial charge < -0.3 is 15.2 Å². The zero-order chi connectivity index (χ0) is 12.6. The quantitative estimate of drug-likeness (QED) is 0.849. The summed E-state index contributed by atoms with van der Waals surface area (Å²) in [6.45, 7) is 6.43. The summed E-state index contributed by atoms with van der Waals surface area (Å²) in [5.74, 6) is 1.28. The molecule has 92 valence electrons. The molecule has 0 aromatic carbocycles. The number of aliphatic hydroxyl groups excluding tert-OH is 1. The van der Waals surface area contributed by atoms with Crippen LogP contribution in [0, 0.1) is 6.92 Å². The van der Waals surface area contributed by atoms with Crippen molar-refractivity contribution in [2.45, 2.75) is 32.8 Å². The molecule has 4 heteroatoms. The molecule has 0 bridgehead atoms. The van der Waals surface area contributed by atoms with Crippen LogP contribution >= 0.6 is 0 Å². The van der Waals surface area contributed by atoms with Crippen molar-refractivity contribution in [3.63, 3.8) is 0 Å². The van der Waals surface area contributed by atoms with E-state index in [1.807, 2.05) is 25.1 Å². The van der Waals surface area contributed by atoms with E-state index in [1.54, 1.807) is 0 Å². The number of nitrogens with zero attached hydrogens (tertiary/aromatic N) is 2. The third-order valence-corrected chi connectivity index (χ3v) is 2.97. The van der Waals surface area contributed by atoms with Crippen LogP contribution in [0.5, 0.6) is 0 Å². The van der Waals surface area contributed by atoms with Crippen molar-refractivity contribution in [1.82, 2.24) is 9.38 Å². The Balaban J connectivity index is 2.75. The Kier molecular flexibility index (Phi) is 3.17. The van der Waals surface area contributed by atoms with Crippen LogP contribution in [0.4, 0.5) is 0 Å². The normalized spacial score (nSPS) is 13.5. The number of hydrogen-bond acceptors (Lipinski definition) is 3. The van der Waals surface area contributed by atoms with Crippen LogP contribution in [0.15, 0.2) is 18.2 Å². The highest BCUT2D eigenvalue weighted by atomic mass is 16.3. The minimum absolute atomic E-state index is 0.193. The van der Waals surface area contributed by atoms with Gasteiger partial charge in [0.15, 0.2) is 0 Å². The average Bonchev–Trinajstić information content (AvgIpc) is 2.69. The SMILES string of the molecule is Cc1cccc2c(C(O)CN)nc(C(C)C)n12. The van der Waals surface area contributed by atoms with E-state index in [0.717, 1.165) is 17.0 Å². The number of aromatic nitrogens is 2. The minimum atomic E-state index is -0.695. The molecule has 2 aromatic heterocycles. The first-order valence-corrected chi connectivity index (χ1v) is 5.92. The fourth-order valence-electron chi connectivity index (χ4n) is 2.10. The van der Waals surface area contributed by atoms with Gasteiger partial charge in [-0.3, -0.25) is 0 Å². The minimum Gasteiger partial charge on any atom is -0.385 e. The molecule has 0 saturated heterocycles. The number of rotatable bonds is 3. The van der Waals surface area contributed by atoms with E-state index in [0.29, 0.717) is 11.6 Å². The van der Waals surface area contributed by atoms with Crippen LogP contribution in [0.3, 0.4) is 0 Å². The van der Waals surface area contributed by atoms with E-state index < -0.39 is 6.10 Å². The van der Waals surface area contributed by atoms with E-state index in [-0.39, 0.29) is 6.54 Å². The lowest BCUT2D eigenvalue weighted by Gasteiger charge is -2.07. The monoisotopic (exact) mass is 233 g/mol. The number of aliphatic hydroxyl groups is 1. The van der Waals surface area contributed by atoms with Gasteiger partial charge in [0.1, 0.15) is 11.9 Å². The lowest BCUT2D eigenvalue weighted by molar-refractivity contribution is 0.184. The van der Waals surface area contributed by atoms with Crippen LogP contribution in [0.1, 0.15) is 43.1 Å². The lowest BCUT2D eigenvalue weighted by atomic mass is 10.2. The highest BCUT2D eigenvalue weighted by Gasteiger charge is 2.19. The predicted molar refractivity (Wildman–Crippen MR) is 68.0 cm³/mol. The molecular formula is C13H19N3O. The molecule has 0 spiro atoms. The molecule has 4 nitrogen and oxygen atoms in total. The first-order valence-electron chi connectivity index (χ1n) is 5.92. The molecule has 2 heterocycles. The Labute approximate surface area is 101 Å². The van der Waals surface area contributed by atoms with Crippen molar-refractivity contribution in [3.05, 3.63) is 35.4 Å². The lowest BCUT2D eigenvalue weighted by Crippen LogP contribution is -2.12. The van der Waals surface area contributed by atoms with Crippen molar-refractivity contribution in [1.29, 1.82) is 0 Å². The van der Waals surface area contributed by atoms with Gasteiger partial charge in [0.25, 0.3) is 0 Å². The van der Waals surface area contributed by atoms with Gasteiger partial charge in [-0.1, -0.05) is 19.9 Å². The first-order chi connectivity index (χ1) is 8.06. The summed E-state index contributed by atoms with van der Waals surface area (Å²) < 4.78 is 2.10. The molecule has 3 N–H and O–H groups in total. The first kappa shape index (κ1) is 12.1. The number of aryl methyl sites for hydroxylation is 1. The second-order valence-electron chi connectivity index (χ2n) is 4.65. The standard InChI is InChI=1S/C13H19N3O/c1-8(2)13-15-12(11(17)7-14)10-6-4-5-9(3)16(10)13/h4-6,8,11,17H,7,14H2,1-3H3. The van der Waals surface area contributed by atoms with E-state index in [4.69, 9.17) is 5.73 Å². The van der Waals surface area contributed by atoms with Gasteiger partial charge in [-0.05, 0) is 19.1 Å². The maximum absolute atomic E-state index is 9.91. The Morgan fingerprint density at radius 1 is 1.41 bits per heavy atom. The highest BCUT2D eigenvalue weighted by Crippen LogP contribution is 2.24. The smallest absolute Gasteiger partial charge is 0.116 e. The van der Waals surface area contributed by atoms with Gasteiger partial charge in [-0.15, -0.1) is 0 Å². The maximum atomic E-state index is 9.91. The predicted octanol–water partition coefficient (Wildman–Crippen LogP) is 1.76. The molecule has 1 atom stereocenters. The Bertz CT molecular complexity index is 531. The summed E-state index contributed by atoms with van der Waals surface area (Å²) in [7, 11) is 0. The van der Waals surface area contributed by atoms with Gasteiger partial charge in [0, 0.05) is 18.2 Å². The summed E-state index contributed by atoms with van der Waals surface area (Å²) in [5.41, 5.74) is 8.27. The fraction of sp³-hybridized carbons (Fsp3) is 0.462. The second-order valence-corrected chi connectivity index (χ2v) is 4.65. The third-order valence-electron chi connectivity index (χ3n) is 2.97. The summed E-state index contributed by atoms with van der Waals surface area (Å²) in [4.78, 5) is 4.55. The zero-order valence-corrected chi connectivity index (χ0v) is 10.5. The summed E-state index contributed by atoms with van der Waals surface area (Å²) >= 11 is 0. The molecule has 0 radical (unpaired) electrons. The van der Waals surface area contributed by atoms with Crippen molar-refractivity contribution < 1.29 is 5.11 Å².